The van der Waals surface area contributed by atoms with Gasteiger partial charge in [-0.3, -0.25) is 4.79 Å². The van der Waals surface area contributed by atoms with Crippen molar-refractivity contribution in [3.63, 3.8) is 0 Å². The fourth-order valence-corrected chi connectivity index (χ4v) is 4.86. The number of benzene rings is 2. The minimum atomic E-state index is -0.130. The van der Waals surface area contributed by atoms with E-state index in [1.807, 2.05) is 31.2 Å². The van der Waals surface area contributed by atoms with Crippen molar-refractivity contribution in [2.75, 3.05) is 5.32 Å². The lowest BCUT2D eigenvalue weighted by molar-refractivity contribution is -0.116. The lowest BCUT2D eigenvalue weighted by Crippen LogP contribution is -2.25. The Kier molecular flexibility index (Phi) is 5.67. The van der Waals surface area contributed by atoms with Gasteiger partial charge in [-0.2, -0.15) is 9.78 Å². The molecule has 2 N–H and O–H groups in total. The summed E-state index contributed by atoms with van der Waals surface area (Å²) in [6, 6.07) is 16.5. The molecule has 0 saturated carbocycles. The van der Waals surface area contributed by atoms with Crippen LogP contribution in [0, 0.1) is 6.92 Å². The number of nitrogens with zero attached hydrogens (tertiary/aromatic N) is 5. The number of anilines is 1. The Labute approximate surface area is 213 Å². The molecule has 186 valence electrons. The van der Waals surface area contributed by atoms with Crippen LogP contribution in [0.25, 0.3) is 17.0 Å². The van der Waals surface area contributed by atoms with E-state index < -0.39 is 0 Å². The lowest BCUT2D eigenvalue weighted by atomic mass is 9.86. The first-order valence-corrected chi connectivity index (χ1v) is 12.3. The van der Waals surface area contributed by atoms with Gasteiger partial charge < -0.3 is 15.0 Å². The first-order chi connectivity index (χ1) is 18.0. The zero-order chi connectivity index (χ0) is 25.5. The van der Waals surface area contributed by atoms with Gasteiger partial charge in [0.25, 0.3) is 0 Å². The molecule has 4 heterocycles. The van der Waals surface area contributed by atoms with Crippen LogP contribution in [0.15, 0.2) is 61.2 Å². The highest BCUT2D eigenvalue weighted by atomic mass is 16.5. The van der Waals surface area contributed by atoms with Crippen molar-refractivity contribution in [2.24, 2.45) is 0 Å². The van der Waals surface area contributed by atoms with Gasteiger partial charge in [-0.1, -0.05) is 50.2 Å². The number of aromatic nitrogens is 6. The van der Waals surface area contributed by atoms with E-state index in [1.165, 1.54) is 11.9 Å². The first-order valence-electron chi connectivity index (χ1n) is 12.3. The number of amides is 1. The second-order valence-electron chi connectivity index (χ2n) is 9.62. The molecule has 3 aromatic heterocycles. The van der Waals surface area contributed by atoms with Gasteiger partial charge in [-0.05, 0) is 41.7 Å². The predicted molar refractivity (Wildman–Crippen MR) is 140 cm³/mol. The van der Waals surface area contributed by atoms with Gasteiger partial charge in [0.2, 0.25) is 5.91 Å². The second kappa shape index (κ2) is 9.16. The molecule has 0 radical (unpaired) electrons. The molecule has 0 spiro atoms. The average molecular weight is 494 g/mol. The Balaban J connectivity index is 1.26. The minimum Gasteiger partial charge on any atom is -0.489 e. The third-order valence-corrected chi connectivity index (χ3v) is 6.84. The van der Waals surface area contributed by atoms with E-state index in [4.69, 9.17) is 9.84 Å². The van der Waals surface area contributed by atoms with Crippen LogP contribution in [0.2, 0.25) is 0 Å². The molecule has 5 aromatic rings. The van der Waals surface area contributed by atoms with Crippen LogP contribution in [0.5, 0.6) is 5.75 Å². The fourth-order valence-electron chi connectivity index (χ4n) is 4.86. The molecule has 0 fully saturated rings. The van der Waals surface area contributed by atoms with Gasteiger partial charge >= 0.3 is 0 Å². The Hall–Kier alpha value is -4.53. The van der Waals surface area contributed by atoms with Crippen molar-refractivity contribution < 1.29 is 9.53 Å². The predicted octanol–water partition coefficient (Wildman–Crippen LogP) is 5.02. The number of hydrogen-bond donors (Lipinski definition) is 2. The smallest absolute Gasteiger partial charge is 0.226 e. The van der Waals surface area contributed by atoms with Gasteiger partial charge in [0.1, 0.15) is 30.0 Å². The van der Waals surface area contributed by atoms with Crippen LogP contribution in [-0.4, -0.2) is 35.6 Å². The number of aromatic amines is 1. The first kappa shape index (κ1) is 22.9. The van der Waals surface area contributed by atoms with Crippen LogP contribution in [0.1, 0.15) is 60.1 Å². The van der Waals surface area contributed by atoms with E-state index in [9.17, 15) is 4.79 Å². The van der Waals surface area contributed by atoms with Crippen molar-refractivity contribution in [2.45, 2.75) is 45.6 Å². The highest BCUT2D eigenvalue weighted by Gasteiger charge is 2.33. The molecule has 2 aromatic carbocycles. The number of H-pyrrole nitrogens is 1. The number of carbonyl (C=O) groups excluding carboxylic acids is 1. The summed E-state index contributed by atoms with van der Waals surface area (Å²) in [5, 5.41) is 7.75. The van der Waals surface area contributed by atoms with Crippen LogP contribution in [0.3, 0.4) is 0 Å². The monoisotopic (exact) mass is 493 g/mol. The number of imidazole rings is 1. The van der Waals surface area contributed by atoms with E-state index in [2.05, 4.69) is 63.4 Å². The lowest BCUT2D eigenvalue weighted by Gasteiger charge is -2.24. The van der Waals surface area contributed by atoms with E-state index in [0.29, 0.717) is 41.7 Å². The molecule has 37 heavy (non-hydrogen) atoms. The van der Waals surface area contributed by atoms with Crippen LogP contribution in [-0.2, 0) is 11.4 Å². The maximum absolute atomic E-state index is 12.8. The maximum atomic E-state index is 12.8. The molecular weight excluding hydrogens is 466 g/mol. The molecule has 1 aliphatic rings. The van der Waals surface area contributed by atoms with E-state index in [0.717, 1.165) is 28.1 Å². The molecular formula is C28H27N7O2. The Morgan fingerprint density at radius 1 is 1.05 bits per heavy atom. The van der Waals surface area contributed by atoms with Crippen molar-refractivity contribution in [3.05, 3.63) is 89.1 Å². The van der Waals surface area contributed by atoms with Gasteiger partial charge in [0.05, 0.1) is 12.0 Å². The summed E-state index contributed by atoms with van der Waals surface area (Å²) in [5.41, 5.74) is 6.47. The van der Waals surface area contributed by atoms with E-state index >= 15 is 0 Å². The second-order valence-corrected chi connectivity index (χ2v) is 9.62. The zero-order valence-corrected chi connectivity index (χ0v) is 20.9. The van der Waals surface area contributed by atoms with Crippen molar-refractivity contribution in [3.8, 4) is 11.6 Å². The number of fused-ring (bicyclic) bond motifs is 2. The van der Waals surface area contributed by atoms with E-state index in [1.54, 1.807) is 11.0 Å². The standard InChI is InChI=1S/C28H27N7O2/c1-16(2)19-6-4-18(5-7-19)13-37-21-10-8-20(9-11-21)22-12-23(36)33-27-24(22)17(3)34-35(27)28-25-26(30-14-29-25)31-15-32-28/h4-11,14-16,22H,12-13H2,1-3H3,(H,33,36)(H,29,30,31,32)/t22-/m0/s1. The zero-order valence-electron chi connectivity index (χ0n) is 20.9. The maximum Gasteiger partial charge on any atom is 0.226 e. The number of aryl methyl sites for hydroxylation is 1. The number of rotatable bonds is 6. The normalized spacial score (nSPS) is 15.1. The quantitative estimate of drug-likeness (QED) is 0.344. The van der Waals surface area contributed by atoms with Crippen LogP contribution in [0.4, 0.5) is 5.82 Å². The topological polar surface area (TPSA) is 111 Å². The number of ether oxygens (including phenoxy) is 1. The molecule has 9 nitrogen and oxygen atoms in total. The van der Waals surface area contributed by atoms with Crippen molar-refractivity contribution in [1.29, 1.82) is 0 Å². The molecule has 6 rings (SSSR count). The summed E-state index contributed by atoms with van der Waals surface area (Å²) in [6.07, 6.45) is 3.35. The van der Waals surface area contributed by atoms with Crippen molar-refractivity contribution in [1.82, 2.24) is 29.7 Å². The van der Waals surface area contributed by atoms with Crippen LogP contribution >= 0.6 is 0 Å². The molecule has 1 amide bonds. The highest BCUT2D eigenvalue weighted by Crippen LogP contribution is 2.40. The average Bonchev–Trinajstić information content (AvgIpc) is 3.52. The highest BCUT2D eigenvalue weighted by molar-refractivity contribution is 5.95. The largest absolute Gasteiger partial charge is 0.489 e. The third kappa shape index (κ3) is 4.22. The Morgan fingerprint density at radius 3 is 2.59 bits per heavy atom. The van der Waals surface area contributed by atoms with E-state index in [-0.39, 0.29) is 11.8 Å². The SMILES string of the molecule is Cc1nn(-c2ncnc3nc[nH]c23)c2c1[C@H](c1ccc(OCc3ccc(C(C)C)cc3)cc1)CC(=O)N2. The Morgan fingerprint density at radius 2 is 1.84 bits per heavy atom. The summed E-state index contributed by atoms with van der Waals surface area (Å²) < 4.78 is 7.69. The van der Waals surface area contributed by atoms with Crippen molar-refractivity contribution >= 4 is 22.9 Å². The number of hydrogen-bond acceptors (Lipinski definition) is 6. The van der Waals surface area contributed by atoms with Gasteiger partial charge in [0, 0.05) is 17.9 Å². The summed E-state index contributed by atoms with van der Waals surface area (Å²) in [6.45, 7) is 6.83. The van der Waals surface area contributed by atoms with Gasteiger partial charge in [-0.25, -0.2) is 15.0 Å². The molecule has 1 aliphatic heterocycles. The molecule has 9 heteroatoms. The summed E-state index contributed by atoms with van der Waals surface area (Å²) in [7, 11) is 0. The summed E-state index contributed by atoms with van der Waals surface area (Å²) >= 11 is 0. The summed E-state index contributed by atoms with van der Waals surface area (Å²) in [4.78, 5) is 28.7. The fraction of sp³-hybridized carbons (Fsp3) is 0.250. The minimum absolute atomic E-state index is 0.0706. The van der Waals surface area contributed by atoms with Gasteiger partial charge in [-0.15, -0.1) is 0 Å². The number of carbonyl (C=O) groups is 1. The molecule has 1 atom stereocenters. The number of nitrogens with one attached hydrogen (secondary N) is 2. The molecule has 0 aliphatic carbocycles. The van der Waals surface area contributed by atoms with Crippen LogP contribution < -0.4 is 10.1 Å². The molecule has 0 bridgehead atoms. The Bertz CT molecular complexity index is 1580. The summed E-state index contributed by atoms with van der Waals surface area (Å²) in [5.74, 6) is 2.25. The molecule has 0 saturated heterocycles. The molecule has 0 unspecified atom stereocenters. The third-order valence-electron chi connectivity index (χ3n) is 6.84. The van der Waals surface area contributed by atoms with Gasteiger partial charge in [0.15, 0.2) is 11.5 Å².